The first kappa shape index (κ1) is 15.2. The molecular weight excluding hydrogens is 341 g/mol. The molecule has 2 aromatic carbocycles. The van der Waals surface area contributed by atoms with Crippen LogP contribution in [-0.2, 0) is 6.54 Å². The van der Waals surface area contributed by atoms with E-state index in [9.17, 15) is 0 Å². The van der Waals surface area contributed by atoms with Gasteiger partial charge in [-0.3, -0.25) is 4.98 Å². The van der Waals surface area contributed by atoms with Gasteiger partial charge in [-0.05, 0) is 42.0 Å². The summed E-state index contributed by atoms with van der Waals surface area (Å²) in [6.45, 7) is 0.654. The fourth-order valence-electron chi connectivity index (χ4n) is 2.77. The van der Waals surface area contributed by atoms with Gasteiger partial charge in [-0.15, -0.1) is 0 Å². The lowest BCUT2D eigenvalue weighted by atomic mass is 10.2. The van der Waals surface area contributed by atoms with Gasteiger partial charge < -0.3 is 4.57 Å². The molecule has 0 spiro atoms. The second kappa shape index (κ2) is 6.27. The number of nitrogens with zero attached hydrogens (tertiary/aromatic N) is 3. The first-order chi connectivity index (χ1) is 11.7. The molecule has 0 N–H and O–H groups in total. The van der Waals surface area contributed by atoms with Crippen molar-refractivity contribution in [1.82, 2.24) is 14.5 Å². The zero-order valence-electron chi connectivity index (χ0n) is 12.7. The van der Waals surface area contributed by atoms with E-state index in [0.29, 0.717) is 16.6 Å². The highest BCUT2D eigenvalue weighted by molar-refractivity contribution is 6.42. The van der Waals surface area contributed by atoms with Crippen LogP contribution in [0.15, 0.2) is 67.0 Å². The molecule has 118 valence electrons. The van der Waals surface area contributed by atoms with Gasteiger partial charge in [-0.1, -0.05) is 41.4 Å². The van der Waals surface area contributed by atoms with E-state index in [1.807, 2.05) is 54.7 Å². The van der Waals surface area contributed by atoms with E-state index in [2.05, 4.69) is 15.6 Å². The van der Waals surface area contributed by atoms with Crippen LogP contribution in [0, 0.1) is 0 Å². The second-order valence-electron chi connectivity index (χ2n) is 5.50. The fraction of sp³-hybridized carbons (Fsp3) is 0.0526. The Bertz CT molecular complexity index is 1010. The molecule has 2 aromatic heterocycles. The third kappa shape index (κ3) is 2.77. The molecule has 0 bridgehead atoms. The smallest absolute Gasteiger partial charge is 0.143 e. The number of imidazole rings is 1. The van der Waals surface area contributed by atoms with Crippen molar-refractivity contribution in [3.8, 4) is 11.4 Å². The summed E-state index contributed by atoms with van der Waals surface area (Å²) in [7, 11) is 0. The quantitative estimate of drug-likeness (QED) is 0.490. The predicted octanol–water partition coefficient (Wildman–Crippen LogP) is 5.45. The van der Waals surface area contributed by atoms with Crippen LogP contribution < -0.4 is 0 Å². The van der Waals surface area contributed by atoms with Crippen molar-refractivity contribution in [3.63, 3.8) is 0 Å². The van der Waals surface area contributed by atoms with Gasteiger partial charge in [-0.2, -0.15) is 0 Å². The average Bonchev–Trinajstić information content (AvgIpc) is 2.98. The van der Waals surface area contributed by atoms with Crippen LogP contribution >= 0.6 is 23.2 Å². The largest absolute Gasteiger partial charge is 0.319 e. The lowest BCUT2D eigenvalue weighted by Crippen LogP contribution is -2.02. The Balaban J connectivity index is 1.87. The van der Waals surface area contributed by atoms with Crippen molar-refractivity contribution < 1.29 is 0 Å². The minimum atomic E-state index is 0.557. The minimum absolute atomic E-state index is 0.557. The number of halogens is 2. The molecule has 0 amide bonds. The zero-order valence-corrected chi connectivity index (χ0v) is 14.2. The Hall–Kier alpha value is -2.36. The molecule has 0 atom stereocenters. The summed E-state index contributed by atoms with van der Waals surface area (Å²) in [5, 5.41) is 1.12. The van der Waals surface area contributed by atoms with Crippen molar-refractivity contribution >= 4 is 34.2 Å². The molecule has 24 heavy (non-hydrogen) atoms. The maximum atomic E-state index is 6.16. The molecule has 5 heteroatoms. The molecule has 0 fully saturated rings. The molecule has 2 heterocycles. The summed E-state index contributed by atoms with van der Waals surface area (Å²) in [4.78, 5) is 9.00. The topological polar surface area (TPSA) is 30.7 Å². The van der Waals surface area contributed by atoms with E-state index >= 15 is 0 Å². The predicted molar refractivity (Wildman–Crippen MR) is 98.5 cm³/mol. The van der Waals surface area contributed by atoms with E-state index in [0.717, 1.165) is 28.0 Å². The number of hydrogen-bond donors (Lipinski definition) is 0. The zero-order chi connectivity index (χ0) is 16.5. The van der Waals surface area contributed by atoms with E-state index in [-0.39, 0.29) is 0 Å². The highest BCUT2D eigenvalue weighted by atomic mass is 35.5. The van der Waals surface area contributed by atoms with Gasteiger partial charge in [0.1, 0.15) is 5.82 Å². The standard InChI is InChI=1S/C19H13Cl2N3/c20-15-8-7-13(10-16(15)21)12-24-18-6-2-1-5-17(18)23-19(24)14-4-3-9-22-11-14/h1-11H,12H2. The summed E-state index contributed by atoms with van der Waals surface area (Å²) in [5.74, 6) is 0.885. The number of hydrogen-bond acceptors (Lipinski definition) is 2. The molecule has 0 aliphatic carbocycles. The SMILES string of the molecule is Clc1ccc(Cn2c(-c3cccnc3)nc3ccccc32)cc1Cl. The van der Waals surface area contributed by atoms with Crippen LogP contribution in [0.25, 0.3) is 22.4 Å². The first-order valence-electron chi connectivity index (χ1n) is 7.52. The lowest BCUT2D eigenvalue weighted by Gasteiger charge is -2.10. The Kier molecular flexibility index (Phi) is 3.97. The summed E-state index contributed by atoms with van der Waals surface area (Å²) in [6, 6.07) is 17.7. The normalized spacial score (nSPS) is 11.1. The number of pyridine rings is 1. The van der Waals surface area contributed by atoms with Gasteiger partial charge in [0.2, 0.25) is 0 Å². The maximum absolute atomic E-state index is 6.16. The molecule has 0 saturated heterocycles. The van der Waals surface area contributed by atoms with Crippen LogP contribution in [-0.4, -0.2) is 14.5 Å². The Morgan fingerprint density at radius 1 is 0.917 bits per heavy atom. The fourth-order valence-corrected chi connectivity index (χ4v) is 3.09. The highest BCUT2D eigenvalue weighted by Gasteiger charge is 2.13. The average molecular weight is 354 g/mol. The number of aromatic nitrogens is 3. The van der Waals surface area contributed by atoms with Crippen molar-refractivity contribution in [2.24, 2.45) is 0 Å². The minimum Gasteiger partial charge on any atom is -0.319 e. The van der Waals surface area contributed by atoms with Gasteiger partial charge >= 0.3 is 0 Å². The molecular formula is C19H13Cl2N3. The Morgan fingerprint density at radius 2 is 1.79 bits per heavy atom. The third-order valence-electron chi connectivity index (χ3n) is 3.90. The molecule has 0 aliphatic heterocycles. The molecule has 0 saturated carbocycles. The monoisotopic (exact) mass is 353 g/mol. The van der Waals surface area contributed by atoms with Crippen molar-refractivity contribution in [1.29, 1.82) is 0 Å². The van der Waals surface area contributed by atoms with Gasteiger partial charge in [-0.25, -0.2) is 4.98 Å². The van der Waals surface area contributed by atoms with Crippen LogP contribution in [0.2, 0.25) is 10.0 Å². The number of benzene rings is 2. The Morgan fingerprint density at radius 3 is 2.58 bits per heavy atom. The van der Waals surface area contributed by atoms with Crippen molar-refractivity contribution in [3.05, 3.63) is 82.6 Å². The molecule has 3 nitrogen and oxygen atoms in total. The lowest BCUT2D eigenvalue weighted by molar-refractivity contribution is 0.834. The number of para-hydroxylation sites is 2. The van der Waals surface area contributed by atoms with Gasteiger partial charge in [0, 0.05) is 24.5 Å². The summed E-state index contributed by atoms with van der Waals surface area (Å²) >= 11 is 12.2. The summed E-state index contributed by atoms with van der Waals surface area (Å²) < 4.78 is 2.17. The van der Waals surface area contributed by atoms with E-state index < -0.39 is 0 Å². The van der Waals surface area contributed by atoms with Gasteiger partial charge in [0.25, 0.3) is 0 Å². The molecule has 0 unspecified atom stereocenters. The molecule has 0 radical (unpaired) electrons. The van der Waals surface area contributed by atoms with Crippen LogP contribution in [0.3, 0.4) is 0 Å². The first-order valence-corrected chi connectivity index (χ1v) is 8.27. The van der Waals surface area contributed by atoms with Gasteiger partial charge in [0.15, 0.2) is 0 Å². The van der Waals surface area contributed by atoms with Crippen LogP contribution in [0.1, 0.15) is 5.56 Å². The van der Waals surface area contributed by atoms with E-state index in [1.165, 1.54) is 0 Å². The third-order valence-corrected chi connectivity index (χ3v) is 4.64. The van der Waals surface area contributed by atoms with Gasteiger partial charge in [0.05, 0.1) is 21.1 Å². The highest BCUT2D eigenvalue weighted by Crippen LogP contribution is 2.27. The van der Waals surface area contributed by atoms with Crippen molar-refractivity contribution in [2.75, 3.05) is 0 Å². The maximum Gasteiger partial charge on any atom is 0.143 e. The summed E-state index contributed by atoms with van der Waals surface area (Å²) in [5.41, 5.74) is 4.07. The summed E-state index contributed by atoms with van der Waals surface area (Å²) in [6.07, 6.45) is 3.59. The molecule has 4 rings (SSSR count). The number of rotatable bonds is 3. The van der Waals surface area contributed by atoms with E-state index in [4.69, 9.17) is 28.2 Å². The molecule has 4 aromatic rings. The Labute approximate surface area is 149 Å². The van der Waals surface area contributed by atoms with Crippen molar-refractivity contribution in [2.45, 2.75) is 6.54 Å². The van der Waals surface area contributed by atoms with Crippen LogP contribution in [0.4, 0.5) is 0 Å². The van der Waals surface area contributed by atoms with E-state index in [1.54, 1.807) is 6.20 Å². The van der Waals surface area contributed by atoms with Crippen LogP contribution in [0.5, 0.6) is 0 Å². The number of fused-ring (bicyclic) bond motifs is 1. The second-order valence-corrected chi connectivity index (χ2v) is 6.31. The molecule has 0 aliphatic rings.